The van der Waals surface area contributed by atoms with Crippen molar-refractivity contribution in [3.63, 3.8) is 0 Å². The van der Waals surface area contributed by atoms with E-state index >= 15 is 0 Å². The number of imidazole rings is 1. The number of para-hydroxylation sites is 1. The highest BCUT2D eigenvalue weighted by Gasteiger charge is 2.24. The first-order valence-corrected chi connectivity index (χ1v) is 8.81. The highest BCUT2D eigenvalue weighted by Crippen LogP contribution is 2.19. The standard InChI is InChI=1S/C20H20N4O3/c25-20(14-27-16-5-2-1-3-6-16)23-9-10-24-15-22-18(19(24)12-23)13-26-17-7-4-8-21-11-17/h1-8,11,15H,9-10,12-14H2. The van der Waals surface area contributed by atoms with Crippen LogP contribution in [0.5, 0.6) is 11.5 Å². The van der Waals surface area contributed by atoms with Crippen LogP contribution in [0.3, 0.4) is 0 Å². The van der Waals surface area contributed by atoms with E-state index in [0.29, 0.717) is 37.7 Å². The van der Waals surface area contributed by atoms with Gasteiger partial charge >= 0.3 is 0 Å². The van der Waals surface area contributed by atoms with Crippen LogP contribution in [0.25, 0.3) is 0 Å². The van der Waals surface area contributed by atoms with Gasteiger partial charge in [-0.1, -0.05) is 18.2 Å². The number of rotatable bonds is 6. The molecule has 1 aliphatic heterocycles. The minimum Gasteiger partial charge on any atom is -0.486 e. The molecule has 3 aromatic rings. The maximum atomic E-state index is 12.5. The summed E-state index contributed by atoms with van der Waals surface area (Å²) in [6.45, 7) is 2.23. The summed E-state index contributed by atoms with van der Waals surface area (Å²) < 4.78 is 13.4. The largest absolute Gasteiger partial charge is 0.486 e. The zero-order valence-electron chi connectivity index (χ0n) is 14.8. The predicted molar refractivity (Wildman–Crippen MR) is 98.2 cm³/mol. The molecule has 0 fully saturated rings. The SMILES string of the molecule is O=C(COc1ccccc1)N1CCn2cnc(COc3cccnc3)c2C1. The van der Waals surface area contributed by atoms with E-state index in [-0.39, 0.29) is 12.5 Å². The van der Waals surface area contributed by atoms with E-state index in [0.717, 1.165) is 11.4 Å². The molecule has 7 nitrogen and oxygen atoms in total. The molecule has 1 aromatic carbocycles. The number of amides is 1. The second kappa shape index (κ2) is 7.90. The van der Waals surface area contributed by atoms with Crippen LogP contribution in [0.15, 0.2) is 61.2 Å². The lowest BCUT2D eigenvalue weighted by Crippen LogP contribution is -2.40. The number of benzene rings is 1. The lowest BCUT2D eigenvalue weighted by molar-refractivity contribution is -0.134. The molecule has 0 N–H and O–H groups in total. The molecule has 1 aliphatic rings. The van der Waals surface area contributed by atoms with Crippen molar-refractivity contribution in [3.8, 4) is 11.5 Å². The monoisotopic (exact) mass is 364 g/mol. The van der Waals surface area contributed by atoms with Gasteiger partial charge < -0.3 is 18.9 Å². The molecular formula is C20H20N4O3. The Labute approximate surface area is 157 Å². The fraction of sp³-hybridized carbons (Fsp3) is 0.250. The molecule has 4 rings (SSSR count). The molecule has 7 heteroatoms. The molecule has 0 bridgehead atoms. The molecule has 0 saturated carbocycles. The van der Waals surface area contributed by atoms with Gasteiger partial charge in [-0.3, -0.25) is 9.78 Å². The Hall–Kier alpha value is -3.35. The van der Waals surface area contributed by atoms with Gasteiger partial charge in [0.25, 0.3) is 5.91 Å². The zero-order chi connectivity index (χ0) is 18.5. The van der Waals surface area contributed by atoms with Crippen molar-refractivity contribution in [1.29, 1.82) is 0 Å². The van der Waals surface area contributed by atoms with Crippen molar-refractivity contribution in [1.82, 2.24) is 19.4 Å². The predicted octanol–water partition coefficient (Wildman–Crippen LogP) is 2.28. The number of fused-ring (bicyclic) bond motifs is 1. The quantitative estimate of drug-likeness (QED) is 0.671. The van der Waals surface area contributed by atoms with Crippen LogP contribution in [0.1, 0.15) is 11.4 Å². The minimum atomic E-state index is -0.0366. The Morgan fingerprint density at radius 2 is 1.89 bits per heavy atom. The molecule has 0 radical (unpaired) electrons. The van der Waals surface area contributed by atoms with Crippen LogP contribution < -0.4 is 9.47 Å². The van der Waals surface area contributed by atoms with Gasteiger partial charge in [-0.2, -0.15) is 0 Å². The summed E-state index contributed by atoms with van der Waals surface area (Å²) in [7, 11) is 0. The third kappa shape index (κ3) is 4.08. The summed E-state index contributed by atoms with van der Waals surface area (Å²) in [4.78, 5) is 22.8. The average molecular weight is 364 g/mol. The van der Waals surface area contributed by atoms with E-state index in [2.05, 4.69) is 14.5 Å². The maximum Gasteiger partial charge on any atom is 0.260 e. The second-order valence-electron chi connectivity index (χ2n) is 6.23. The van der Waals surface area contributed by atoms with Gasteiger partial charge in [0.1, 0.15) is 23.8 Å². The molecule has 0 spiro atoms. The van der Waals surface area contributed by atoms with Gasteiger partial charge in [-0.25, -0.2) is 4.98 Å². The maximum absolute atomic E-state index is 12.5. The van der Waals surface area contributed by atoms with Crippen LogP contribution in [-0.2, 0) is 24.5 Å². The summed E-state index contributed by atoms with van der Waals surface area (Å²) in [6, 6.07) is 13.0. The van der Waals surface area contributed by atoms with E-state index in [9.17, 15) is 4.79 Å². The van der Waals surface area contributed by atoms with E-state index in [1.54, 1.807) is 23.6 Å². The molecule has 138 valence electrons. The topological polar surface area (TPSA) is 69.5 Å². The van der Waals surface area contributed by atoms with Crippen LogP contribution >= 0.6 is 0 Å². The Bertz CT molecular complexity index is 896. The van der Waals surface area contributed by atoms with Gasteiger partial charge in [0, 0.05) is 19.3 Å². The van der Waals surface area contributed by atoms with Gasteiger partial charge in [0.05, 0.1) is 24.8 Å². The number of carbonyl (C=O) groups excluding carboxylic acids is 1. The minimum absolute atomic E-state index is 0.0274. The van der Waals surface area contributed by atoms with Gasteiger partial charge in [0.2, 0.25) is 0 Å². The number of ether oxygens (including phenoxy) is 2. The molecule has 3 heterocycles. The van der Waals surface area contributed by atoms with Crippen molar-refractivity contribution in [2.75, 3.05) is 13.2 Å². The third-order valence-electron chi connectivity index (χ3n) is 4.45. The van der Waals surface area contributed by atoms with E-state index in [4.69, 9.17) is 9.47 Å². The van der Waals surface area contributed by atoms with Crippen molar-refractivity contribution in [2.45, 2.75) is 19.7 Å². The Balaban J connectivity index is 1.37. The van der Waals surface area contributed by atoms with Crippen LogP contribution in [-0.4, -0.2) is 38.5 Å². The number of hydrogen-bond acceptors (Lipinski definition) is 5. The fourth-order valence-electron chi connectivity index (χ4n) is 2.98. The van der Waals surface area contributed by atoms with Crippen molar-refractivity contribution < 1.29 is 14.3 Å². The number of carbonyl (C=O) groups is 1. The Kier molecular flexibility index (Phi) is 5.00. The summed E-state index contributed by atoms with van der Waals surface area (Å²) >= 11 is 0. The molecule has 0 aliphatic carbocycles. The van der Waals surface area contributed by atoms with E-state index in [1.165, 1.54) is 0 Å². The number of nitrogens with zero attached hydrogens (tertiary/aromatic N) is 4. The number of pyridine rings is 1. The smallest absolute Gasteiger partial charge is 0.260 e. The van der Waals surface area contributed by atoms with E-state index in [1.807, 2.05) is 42.5 Å². The second-order valence-corrected chi connectivity index (χ2v) is 6.23. The zero-order valence-corrected chi connectivity index (χ0v) is 14.8. The lowest BCUT2D eigenvalue weighted by Gasteiger charge is -2.28. The third-order valence-corrected chi connectivity index (χ3v) is 4.45. The highest BCUT2D eigenvalue weighted by molar-refractivity contribution is 5.77. The molecule has 0 unspecified atom stereocenters. The van der Waals surface area contributed by atoms with Crippen LogP contribution in [0, 0.1) is 0 Å². The molecule has 2 aromatic heterocycles. The lowest BCUT2D eigenvalue weighted by atomic mass is 10.2. The summed E-state index contributed by atoms with van der Waals surface area (Å²) in [6.07, 6.45) is 5.17. The molecule has 0 atom stereocenters. The fourth-order valence-corrected chi connectivity index (χ4v) is 2.98. The van der Waals surface area contributed by atoms with Crippen molar-refractivity contribution in [3.05, 3.63) is 72.6 Å². The summed E-state index contributed by atoms with van der Waals surface area (Å²) in [5, 5.41) is 0. The first-order chi connectivity index (χ1) is 13.3. The molecular weight excluding hydrogens is 344 g/mol. The Morgan fingerprint density at radius 3 is 2.70 bits per heavy atom. The van der Waals surface area contributed by atoms with Crippen LogP contribution in [0.2, 0.25) is 0 Å². The first-order valence-electron chi connectivity index (χ1n) is 8.81. The number of hydrogen-bond donors (Lipinski definition) is 0. The molecule has 0 saturated heterocycles. The Morgan fingerprint density at radius 1 is 1.04 bits per heavy atom. The van der Waals surface area contributed by atoms with E-state index < -0.39 is 0 Å². The van der Waals surface area contributed by atoms with Gasteiger partial charge in [0.15, 0.2) is 6.61 Å². The first kappa shape index (κ1) is 17.1. The van der Waals surface area contributed by atoms with Crippen LogP contribution in [0.4, 0.5) is 0 Å². The normalized spacial score (nSPS) is 13.1. The van der Waals surface area contributed by atoms with Gasteiger partial charge in [-0.05, 0) is 24.3 Å². The van der Waals surface area contributed by atoms with Crippen molar-refractivity contribution >= 4 is 5.91 Å². The molecule has 1 amide bonds. The summed E-state index contributed by atoms with van der Waals surface area (Å²) in [5.74, 6) is 1.35. The summed E-state index contributed by atoms with van der Waals surface area (Å²) in [5.41, 5.74) is 1.83. The molecule has 27 heavy (non-hydrogen) atoms. The average Bonchev–Trinajstić information content (AvgIpc) is 3.14. The highest BCUT2D eigenvalue weighted by atomic mass is 16.5. The van der Waals surface area contributed by atoms with Crippen molar-refractivity contribution in [2.24, 2.45) is 0 Å². The van der Waals surface area contributed by atoms with Gasteiger partial charge in [-0.15, -0.1) is 0 Å². The number of aromatic nitrogens is 3.